The van der Waals surface area contributed by atoms with Crippen molar-refractivity contribution < 1.29 is 38.1 Å². The number of halogens is 4. The standard InChI is InChI=1S/C21H32Br4O8/c1-17(2,22)13(26)30-9-21(10-31-14(27)18(3,4)23,11-32-15(28)19(5,6)24)12-33-16(29)20(7,8)25/h9-12H2,1-8H3. The van der Waals surface area contributed by atoms with Crippen LogP contribution in [0, 0.1) is 5.41 Å². The van der Waals surface area contributed by atoms with Crippen LogP contribution < -0.4 is 0 Å². The maximum Gasteiger partial charge on any atom is 0.322 e. The zero-order valence-corrected chi connectivity index (χ0v) is 26.5. The third-order valence-corrected chi connectivity index (χ3v) is 5.27. The fourth-order valence-electron chi connectivity index (χ4n) is 1.81. The van der Waals surface area contributed by atoms with Gasteiger partial charge in [0.2, 0.25) is 0 Å². The van der Waals surface area contributed by atoms with Crippen LogP contribution in [-0.2, 0) is 38.1 Å². The molecule has 0 bridgehead atoms. The Kier molecular flexibility index (Phi) is 12.1. The summed E-state index contributed by atoms with van der Waals surface area (Å²) >= 11 is 12.9. The van der Waals surface area contributed by atoms with Gasteiger partial charge in [0, 0.05) is 0 Å². The molecule has 0 aromatic rings. The molecule has 0 rings (SSSR count). The van der Waals surface area contributed by atoms with Crippen molar-refractivity contribution in [3.63, 3.8) is 0 Å². The molecule has 0 fully saturated rings. The first-order valence-electron chi connectivity index (χ1n) is 9.96. The molecule has 0 spiro atoms. The molecule has 12 heteroatoms. The minimum atomic E-state index is -1.36. The lowest BCUT2D eigenvalue weighted by atomic mass is 9.91. The van der Waals surface area contributed by atoms with E-state index in [0.717, 1.165) is 0 Å². The van der Waals surface area contributed by atoms with E-state index in [2.05, 4.69) is 63.7 Å². The molecule has 0 aliphatic carbocycles. The Labute approximate surface area is 229 Å². The second-order valence-corrected chi connectivity index (χ2v) is 17.6. The highest BCUT2D eigenvalue weighted by atomic mass is 79.9. The minimum Gasteiger partial charge on any atom is -0.464 e. The summed E-state index contributed by atoms with van der Waals surface area (Å²) in [5.74, 6) is -2.40. The van der Waals surface area contributed by atoms with Crippen molar-refractivity contribution in [1.29, 1.82) is 0 Å². The van der Waals surface area contributed by atoms with Crippen LogP contribution in [0.4, 0.5) is 0 Å². The van der Waals surface area contributed by atoms with Crippen molar-refractivity contribution in [3.8, 4) is 0 Å². The van der Waals surface area contributed by atoms with Crippen LogP contribution >= 0.6 is 63.7 Å². The van der Waals surface area contributed by atoms with E-state index >= 15 is 0 Å². The average molecular weight is 732 g/mol. The molecular formula is C21H32Br4O8. The van der Waals surface area contributed by atoms with Gasteiger partial charge in [-0.25, -0.2) is 0 Å². The van der Waals surface area contributed by atoms with Crippen LogP contribution in [0.2, 0.25) is 0 Å². The lowest BCUT2D eigenvalue weighted by Crippen LogP contribution is -2.47. The van der Waals surface area contributed by atoms with Crippen LogP contribution in [-0.4, -0.2) is 67.6 Å². The van der Waals surface area contributed by atoms with Crippen LogP contribution in [0.15, 0.2) is 0 Å². The predicted molar refractivity (Wildman–Crippen MR) is 138 cm³/mol. The van der Waals surface area contributed by atoms with E-state index in [0.29, 0.717) is 0 Å². The van der Waals surface area contributed by atoms with Gasteiger partial charge in [0.1, 0.15) is 49.1 Å². The molecule has 0 aliphatic rings. The number of alkyl halides is 4. The van der Waals surface area contributed by atoms with E-state index in [1.165, 1.54) is 0 Å². The third kappa shape index (κ3) is 12.4. The maximum atomic E-state index is 12.4. The molecule has 0 saturated carbocycles. The maximum absolute atomic E-state index is 12.4. The van der Waals surface area contributed by atoms with E-state index in [1.807, 2.05) is 0 Å². The summed E-state index contributed by atoms with van der Waals surface area (Å²) in [7, 11) is 0. The van der Waals surface area contributed by atoms with E-state index in [4.69, 9.17) is 18.9 Å². The molecule has 0 radical (unpaired) electrons. The van der Waals surface area contributed by atoms with Crippen molar-refractivity contribution in [3.05, 3.63) is 0 Å². The first-order valence-corrected chi connectivity index (χ1v) is 13.1. The Hall–Kier alpha value is -0.200. The van der Waals surface area contributed by atoms with Gasteiger partial charge in [-0.05, 0) is 55.4 Å². The van der Waals surface area contributed by atoms with Crippen molar-refractivity contribution in [2.24, 2.45) is 5.41 Å². The van der Waals surface area contributed by atoms with Gasteiger partial charge in [-0.15, -0.1) is 0 Å². The summed E-state index contributed by atoms with van der Waals surface area (Å²) in [6.07, 6.45) is 0. The van der Waals surface area contributed by atoms with Crippen LogP contribution in [0.5, 0.6) is 0 Å². The highest BCUT2D eigenvalue weighted by Crippen LogP contribution is 2.29. The quantitative estimate of drug-likeness (QED) is 0.160. The molecule has 0 heterocycles. The summed E-state index contributed by atoms with van der Waals surface area (Å²) in [5, 5.41) is 0. The highest BCUT2D eigenvalue weighted by molar-refractivity contribution is 9.10. The van der Waals surface area contributed by atoms with E-state index in [-0.39, 0.29) is 26.4 Å². The summed E-state index contributed by atoms with van der Waals surface area (Å²) in [5.41, 5.74) is -1.36. The largest absolute Gasteiger partial charge is 0.464 e. The summed E-state index contributed by atoms with van der Waals surface area (Å²) in [6.45, 7) is 11.4. The van der Waals surface area contributed by atoms with Gasteiger partial charge in [0.15, 0.2) is 0 Å². The van der Waals surface area contributed by atoms with E-state index in [9.17, 15) is 19.2 Å². The monoisotopic (exact) mass is 728 g/mol. The lowest BCUT2D eigenvalue weighted by Gasteiger charge is -2.34. The second kappa shape index (κ2) is 12.2. The number of rotatable bonds is 12. The van der Waals surface area contributed by atoms with Gasteiger partial charge < -0.3 is 18.9 Å². The van der Waals surface area contributed by atoms with Crippen LogP contribution in [0.1, 0.15) is 55.4 Å². The number of carbonyl (C=O) groups excluding carboxylic acids is 4. The van der Waals surface area contributed by atoms with Crippen LogP contribution in [0.25, 0.3) is 0 Å². The van der Waals surface area contributed by atoms with E-state index in [1.54, 1.807) is 55.4 Å². The van der Waals surface area contributed by atoms with Crippen molar-refractivity contribution >= 4 is 87.6 Å². The number of carbonyl (C=O) groups is 4. The Balaban J connectivity index is 6.00. The molecule has 0 N–H and O–H groups in total. The Morgan fingerprint density at radius 2 is 0.606 bits per heavy atom. The third-order valence-electron chi connectivity index (χ3n) is 3.98. The molecule has 192 valence electrons. The molecule has 0 saturated heterocycles. The van der Waals surface area contributed by atoms with Crippen molar-refractivity contribution in [2.75, 3.05) is 26.4 Å². The van der Waals surface area contributed by atoms with Gasteiger partial charge in [-0.2, -0.15) is 0 Å². The highest BCUT2D eigenvalue weighted by Gasteiger charge is 2.42. The Morgan fingerprint density at radius 1 is 0.455 bits per heavy atom. The summed E-state index contributed by atoms with van der Waals surface area (Å²) in [6, 6.07) is 0. The number of hydrogen-bond acceptors (Lipinski definition) is 8. The fraction of sp³-hybridized carbons (Fsp3) is 0.810. The zero-order valence-electron chi connectivity index (χ0n) is 20.1. The topological polar surface area (TPSA) is 105 Å². The zero-order chi connectivity index (χ0) is 26.5. The van der Waals surface area contributed by atoms with Gasteiger partial charge in [0.25, 0.3) is 0 Å². The first kappa shape index (κ1) is 32.8. The van der Waals surface area contributed by atoms with Gasteiger partial charge in [-0.3, -0.25) is 19.2 Å². The minimum absolute atomic E-state index is 0.344. The molecule has 8 nitrogen and oxygen atoms in total. The molecule has 0 aliphatic heterocycles. The van der Waals surface area contributed by atoms with Crippen LogP contribution in [0.3, 0.4) is 0 Å². The predicted octanol–water partition coefficient (Wildman–Crippen LogP) is 4.84. The average Bonchev–Trinajstić information content (AvgIpc) is 2.62. The number of hydrogen-bond donors (Lipinski definition) is 0. The molecular weight excluding hydrogens is 700 g/mol. The van der Waals surface area contributed by atoms with Crippen molar-refractivity contribution in [2.45, 2.75) is 72.7 Å². The first-order chi connectivity index (χ1) is 14.5. The smallest absolute Gasteiger partial charge is 0.322 e. The Bertz CT molecular complexity index is 599. The van der Waals surface area contributed by atoms with Crippen molar-refractivity contribution in [1.82, 2.24) is 0 Å². The molecule has 0 amide bonds. The fourth-order valence-corrected chi connectivity index (χ4v) is 2.27. The summed E-state index contributed by atoms with van der Waals surface area (Å²) < 4.78 is 17.8. The SMILES string of the molecule is CC(C)(Br)C(=O)OCC(COC(=O)C(C)(C)Br)(COC(=O)C(C)(C)Br)COC(=O)C(C)(C)Br. The number of esters is 4. The molecule has 0 aromatic heterocycles. The molecule has 0 aromatic carbocycles. The summed E-state index contributed by atoms with van der Waals surface area (Å²) in [4.78, 5) is 49.6. The molecule has 0 atom stereocenters. The van der Waals surface area contributed by atoms with Gasteiger partial charge >= 0.3 is 23.9 Å². The van der Waals surface area contributed by atoms with Gasteiger partial charge in [0.05, 0.1) is 0 Å². The normalized spacial score (nSPS) is 13.2. The van der Waals surface area contributed by atoms with E-state index < -0.39 is 46.6 Å². The van der Waals surface area contributed by atoms with Gasteiger partial charge in [-0.1, -0.05) is 63.7 Å². The number of ether oxygens (including phenoxy) is 4. The molecule has 0 unspecified atom stereocenters. The second-order valence-electron chi connectivity index (χ2n) is 9.69. The lowest BCUT2D eigenvalue weighted by molar-refractivity contribution is -0.172. The Morgan fingerprint density at radius 3 is 0.727 bits per heavy atom. The molecule has 33 heavy (non-hydrogen) atoms.